The van der Waals surface area contributed by atoms with E-state index in [1.54, 1.807) is 42.5 Å². The van der Waals surface area contributed by atoms with E-state index in [1.165, 1.54) is 39.1 Å². The third-order valence-electron chi connectivity index (χ3n) is 5.54. The van der Waals surface area contributed by atoms with Crippen LogP contribution in [0, 0.1) is 5.21 Å². The number of aromatic nitrogens is 3. The van der Waals surface area contributed by atoms with Crippen LogP contribution in [0.15, 0.2) is 65.3 Å². The molecule has 0 bridgehead atoms. The van der Waals surface area contributed by atoms with E-state index < -0.39 is 10.0 Å². The Hall–Kier alpha value is -3.12. The summed E-state index contributed by atoms with van der Waals surface area (Å²) >= 11 is 7.20. The molecule has 9 nitrogen and oxygen atoms in total. The fourth-order valence-corrected chi connectivity index (χ4v) is 6.98. The molecule has 1 amide bonds. The molecule has 12 heteroatoms. The van der Waals surface area contributed by atoms with E-state index in [0.717, 1.165) is 10.1 Å². The molecule has 1 aromatic carbocycles. The van der Waals surface area contributed by atoms with Crippen LogP contribution in [-0.4, -0.2) is 59.7 Å². The molecule has 0 saturated carbocycles. The van der Waals surface area contributed by atoms with Crippen LogP contribution in [0.5, 0.6) is 0 Å². The van der Waals surface area contributed by atoms with Gasteiger partial charge in [-0.05, 0) is 29.7 Å². The summed E-state index contributed by atoms with van der Waals surface area (Å²) in [6.45, 7) is 0.779. The van der Waals surface area contributed by atoms with Crippen LogP contribution in [0.3, 0.4) is 0 Å². The number of carbonyl (C=O) groups excluding carboxylic acids is 1. The van der Waals surface area contributed by atoms with Crippen LogP contribution in [-0.2, 0) is 10.0 Å². The SMILES string of the molecule is O=C(c1ncc(-c2cccc[n+]2[O-])cn1)N1CCN(S(=O)(=O)c2cc3ccc(Cl)cc3s2)CC1. The zero-order valence-corrected chi connectivity index (χ0v) is 20.1. The van der Waals surface area contributed by atoms with Crippen molar-refractivity contribution >= 4 is 49.0 Å². The number of hydrogen-bond acceptors (Lipinski definition) is 7. The Morgan fingerprint density at radius 3 is 2.50 bits per heavy atom. The van der Waals surface area contributed by atoms with Crippen LogP contribution < -0.4 is 4.73 Å². The van der Waals surface area contributed by atoms with Crippen molar-refractivity contribution in [1.82, 2.24) is 19.2 Å². The van der Waals surface area contributed by atoms with Crippen LogP contribution in [0.25, 0.3) is 21.3 Å². The molecule has 1 saturated heterocycles. The van der Waals surface area contributed by atoms with Gasteiger partial charge in [0, 0.05) is 60.4 Å². The molecular formula is C22H18ClN5O4S2. The highest BCUT2D eigenvalue weighted by molar-refractivity contribution is 7.91. The molecule has 3 aromatic heterocycles. The third-order valence-corrected chi connectivity index (χ3v) is 9.22. The number of halogens is 1. The normalized spacial score (nSPS) is 15.0. The fraction of sp³-hybridized carbons (Fsp3) is 0.182. The lowest BCUT2D eigenvalue weighted by Gasteiger charge is -2.33. The highest BCUT2D eigenvalue weighted by Gasteiger charge is 2.32. The van der Waals surface area contributed by atoms with Crippen molar-refractivity contribution in [2.45, 2.75) is 4.21 Å². The van der Waals surface area contributed by atoms with E-state index in [9.17, 15) is 18.4 Å². The van der Waals surface area contributed by atoms with E-state index in [4.69, 9.17) is 11.6 Å². The largest absolute Gasteiger partial charge is 0.618 e. The Kier molecular flexibility index (Phi) is 5.94. The highest BCUT2D eigenvalue weighted by atomic mass is 35.5. The van der Waals surface area contributed by atoms with Crippen LogP contribution in [0.1, 0.15) is 10.6 Å². The lowest BCUT2D eigenvalue weighted by atomic mass is 10.2. The topological polar surface area (TPSA) is 110 Å². The number of amides is 1. The number of benzene rings is 1. The Balaban J connectivity index is 1.27. The number of piperazine rings is 1. The summed E-state index contributed by atoms with van der Waals surface area (Å²) in [6, 6.07) is 11.9. The zero-order chi connectivity index (χ0) is 23.9. The number of thiophene rings is 1. The molecule has 0 unspecified atom stereocenters. The number of sulfonamides is 1. The minimum absolute atomic E-state index is 0.00479. The van der Waals surface area contributed by atoms with Gasteiger partial charge in [-0.1, -0.05) is 17.7 Å². The second kappa shape index (κ2) is 8.91. The van der Waals surface area contributed by atoms with Gasteiger partial charge in [0.15, 0.2) is 6.20 Å². The van der Waals surface area contributed by atoms with Gasteiger partial charge in [-0.2, -0.15) is 9.04 Å². The molecule has 1 fully saturated rings. The molecule has 0 aliphatic carbocycles. The van der Waals surface area contributed by atoms with Crippen molar-refractivity contribution in [2.75, 3.05) is 26.2 Å². The summed E-state index contributed by atoms with van der Waals surface area (Å²) in [5.74, 6) is -0.391. The number of nitrogens with zero attached hydrogens (tertiary/aromatic N) is 5. The molecular weight excluding hydrogens is 498 g/mol. The van der Waals surface area contributed by atoms with Crippen molar-refractivity contribution < 1.29 is 17.9 Å². The van der Waals surface area contributed by atoms with Crippen molar-refractivity contribution in [3.05, 3.63) is 77.1 Å². The van der Waals surface area contributed by atoms with Crippen LogP contribution in [0.2, 0.25) is 5.02 Å². The summed E-state index contributed by atoms with van der Waals surface area (Å²) < 4.78 is 29.4. The quantitative estimate of drug-likeness (QED) is 0.305. The van der Waals surface area contributed by atoms with Gasteiger partial charge in [0.05, 0.1) is 5.56 Å². The van der Waals surface area contributed by atoms with Gasteiger partial charge in [-0.3, -0.25) is 4.79 Å². The number of pyridine rings is 1. The first-order valence-electron chi connectivity index (χ1n) is 10.3. The Morgan fingerprint density at radius 2 is 1.79 bits per heavy atom. The average molecular weight is 516 g/mol. The highest BCUT2D eigenvalue weighted by Crippen LogP contribution is 2.33. The van der Waals surface area contributed by atoms with Crippen LogP contribution in [0.4, 0.5) is 0 Å². The molecule has 5 rings (SSSR count). The summed E-state index contributed by atoms with van der Waals surface area (Å²) in [5, 5.41) is 13.3. The monoisotopic (exact) mass is 515 g/mol. The van der Waals surface area contributed by atoms with Gasteiger partial charge in [0.1, 0.15) is 4.21 Å². The number of fused-ring (bicyclic) bond motifs is 1. The van der Waals surface area contributed by atoms with E-state index in [2.05, 4.69) is 9.97 Å². The Labute approximate surface area is 204 Å². The minimum atomic E-state index is -3.68. The maximum absolute atomic E-state index is 13.1. The van der Waals surface area contributed by atoms with E-state index in [-0.39, 0.29) is 42.1 Å². The standard InChI is InChI=1S/C22H18ClN5O4S2/c23-17-5-4-15-11-20(33-19(15)12-17)34(31,32)27-9-7-26(8-10-27)22(29)21-24-13-16(14-25-21)18-3-1-2-6-28(18)30/h1-6,11-14H,7-10H2. The average Bonchev–Trinajstić information content (AvgIpc) is 3.28. The summed E-state index contributed by atoms with van der Waals surface area (Å²) in [4.78, 5) is 22.6. The summed E-state index contributed by atoms with van der Waals surface area (Å²) in [5.41, 5.74) is 0.872. The molecule has 0 atom stereocenters. The number of hydrogen-bond donors (Lipinski definition) is 0. The maximum Gasteiger partial charge on any atom is 0.291 e. The van der Waals surface area contributed by atoms with Gasteiger partial charge in [0.25, 0.3) is 15.9 Å². The molecule has 0 N–H and O–H groups in total. The van der Waals surface area contributed by atoms with Crippen molar-refractivity contribution in [3.8, 4) is 11.3 Å². The number of carbonyl (C=O) groups is 1. The lowest BCUT2D eigenvalue weighted by molar-refractivity contribution is -0.593. The van der Waals surface area contributed by atoms with Gasteiger partial charge in [-0.15, -0.1) is 11.3 Å². The summed E-state index contributed by atoms with van der Waals surface area (Å²) in [6.07, 6.45) is 4.23. The fourth-order valence-electron chi connectivity index (χ4n) is 3.73. The van der Waals surface area contributed by atoms with Crippen molar-refractivity contribution in [2.24, 2.45) is 0 Å². The van der Waals surface area contributed by atoms with Gasteiger partial charge in [0.2, 0.25) is 11.5 Å². The first kappa shape index (κ1) is 22.7. The second-order valence-corrected chi connectivity index (χ2v) is 11.3. The van der Waals surface area contributed by atoms with Crippen molar-refractivity contribution in [1.29, 1.82) is 0 Å². The molecule has 0 radical (unpaired) electrons. The summed E-state index contributed by atoms with van der Waals surface area (Å²) in [7, 11) is -3.68. The maximum atomic E-state index is 13.1. The van der Waals surface area contributed by atoms with E-state index >= 15 is 0 Å². The molecule has 1 aliphatic rings. The molecule has 1 aliphatic heterocycles. The van der Waals surface area contributed by atoms with Crippen LogP contribution >= 0.6 is 22.9 Å². The first-order valence-corrected chi connectivity index (χ1v) is 13.0. The van der Waals surface area contributed by atoms with Gasteiger partial charge >= 0.3 is 0 Å². The zero-order valence-electron chi connectivity index (χ0n) is 17.7. The second-order valence-electron chi connectivity index (χ2n) is 7.65. The minimum Gasteiger partial charge on any atom is -0.618 e. The number of rotatable bonds is 4. The predicted octanol–water partition coefficient (Wildman–Crippen LogP) is 2.79. The Bertz CT molecular complexity index is 1480. The van der Waals surface area contributed by atoms with Crippen molar-refractivity contribution in [3.63, 3.8) is 0 Å². The lowest BCUT2D eigenvalue weighted by Crippen LogP contribution is -2.50. The molecule has 4 heterocycles. The van der Waals surface area contributed by atoms with Gasteiger partial charge < -0.3 is 10.1 Å². The molecule has 4 aromatic rings. The smallest absolute Gasteiger partial charge is 0.291 e. The molecule has 0 spiro atoms. The van der Waals surface area contributed by atoms with Gasteiger partial charge in [-0.25, -0.2) is 18.4 Å². The van der Waals surface area contributed by atoms with E-state index in [1.807, 2.05) is 0 Å². The molecule has 34 heavy (non-hydrogen) atoms. The Morgan fingerprint density at radius 1 is 1.06 bits per heavy atom. The predicted molar refractivity (Wildman–Crippen MR) is 128 cm³/mol. The first-order chi connectivity index (χ1) is 16.3. The molecule has 174 valence electrons. The van der Waals surface area contributed by atoms with E-state index in [0.29, 0.717) is 21.0 Å². The third kappa shape index (κ3) is 4.23.